The van der Waals surface area contributed by atoms with Gasteiger partial charge in [0.25, 0.3) is 0 Å². The van der Waals surface area contributed by atoms with E-state index in [9.17, 15) is 8.42 Å². The molecule has 0 spiro atoms. The van der Waals surface area contributed by atoms with E-state index in [0.717, 1.165) is 29.0 Å². The predicted octanol–water partition coefficient (Wildman–Crippen LogP) is 2.26. The summed E-state index contributed by atoms with van der Waals surface area (Å²) in [6, 6.07) is 3.66. The van der Waals surface area contributed by atoms with Crippen LogP contribution in [0.1, 0.15) is 24.5 Å². The molecule has 2 unspecified atom stereocenters. The number of primary sulfonamides is 1. The SMILES string of the molecule is Cc1cc(S(N)(=O)=O)cc(NC2CCSC2C)c1C. The van der Waals surface area contributed by atoms with Crippen molar-refractivity contribution in [3.05, 3.63) is 23.3 Å². The molecule has 2 atom stereocenters. The largest absolute Gasteiger partial charge is 0.381 e. The standard InChI is InChI=1S/C13H20N2O2S2/c1-8-6-11(19(14,16)17)7-13(9(8)2)15-12-4-5-18-10(12)3/h6-7,10,12,15H,4-5H2,1-3H3,(H2,14,16,17). The zero-order chi connectivity index (χ0) is 14.2. The van der Waals surface area contributed by atoms with E-state index in [4.69, 9.17) is 5.14 Å². The Bertz CT molecular complexity index is 585. The van der Waals surface area contributed by atoms with Crippen molar-refractivity contribution in [1.82, 2.24) is 0 Å². The number of hydrogen-bond donors (Lipinski definition) is 2. The van der Waals surface area contributed by atoms with Crippen LogP contribution in [0.15, 0.2) is 17.0 Å². The molecule has 0 aliphatic carbocycles. The molecule has 2 rings (SSSR count). The highest BCUT2D eigenvalue weighted by molar-refractivity contribution is 8.00. The number of rotatable bonds is 3. The van der Waals surface area contributed by atoms with Crippen molar-refractivity contribution in [2.75, 3.05) is 11.1 Å². The van der Waals surface area contributed by atoms with Gasteiger partial charge in [0.2, 0.25) is 10.0 Å². The van der Waals surface area contributed by atoms with Gasteiger partial charge in [0, 0.05) is 17.0 Å². The normalized spacial score (nSPS) is 23.6. The van der Waals surface area contributed by atoms with Gasteiger partial charge in [-0.15, -0.1) is 0 Å². The number of benzene rings is 1. The number of anilines is 1. The molecule has 19 heavy (non-hydrogen) atoms. The van der Waals surface area contributed by atoms with Crippen LogP contribution in [0.2, 0.25) is 0 Å². The lowest BCUT2D eigenvalue weighted by atomic mass is 10.1. The lowest BCUT2D eigenvalue weighted by Crippen LogP contribution is -2.25. The smallest absolute Gasteiger partial charge is 0.238 e. The average Bonchev–Trinajstić information content (AvgIpc) is 2.69. The first kappa shape index (κ1) is 14.7. The van der Waals surface area contributed by atoms with Crippen LogP contribution >= 0.6 is 11.8 Å². The molecule has 3 N–H and O–H groups in total. The molecule has 0 bridgehead atoms. The van der Waals surface area contributed by atoms with Crippen LogP contribution in [0.4, 0.5) is 5.69 Å². The molecule has 0 saturated carbocycles. The molecule has 1 aliphatic rings. The van der Waals surface area contributed by atoms with Gasteiger partial charge in [-0.3, -0.25) is 0 Å². The Morgan fingerprint density at radius 2 is 2.05 bits per heavy atom. The van der Waals surface area contributed by atoms with E-state index in [2.05, 4.69) is 12.2 Å². The number of thioether (sulfide) groups is 1. The first-order valence-electron chi connectivity index (χ1n) is 6.31. The van der Waals surface area contributed by atoms with E-state index in [1.165, 1.54) is 0 Å². The maximum atomic E-state index is 11.5. The van der Waals surface area contributed by atoms with Gasteiger partial charge in [0.15, 0.2) is 0 Å². The number of nitrogens with two attached hydrogens (primary N) is 1. The molecule has 1 aromatic carbocycles. The minimum Gasteiger partial charge on any atom is -0.381 e. The molecule has 0 amide bonds. The topological polar surface area (TPSA) is 72.2 Å². The van der Waals surface area contributed by atoms with Crippen LogP contribution < -0.4 is 10.5 Å². The average molecular weight is 300 g/mol. The van der Waals surface area contributed by atoms with Gasteiger partial charge >= 0.3 is 0 Å². The second kappa shape index (κ2) is 5.34. The Hall–Kier alpha value is -0.720. The maximum absolute atomic E-state index is 11.5. The summed E-state index contributed by atoms with van der Waals surface area (Å²) in [5.41, 5.74) is 2.90. The summed E-state index contributed by atoms with van der Waals surface area (Å²) in [6.07, 6.45) is 1.10. The Morgan fingerprint density at radius 1 is 1.37 bits per heavy atom. The van der Waals surface area contributed by atoms with Crippen LogP contribution in [0.25, 0.3) is 0 Å². The third kappa shape index (κ3) is 3.24. The van der Waals surface area contributed by atoms with Crippen LogP contribution in [-0.4, -0.2) is 25.5 Å². The summed E-state index contributed by atoms with van der Waals surface area (Å²) in [6.45, 7) is 6.10. The zero-order valence-corrected chi connectivity index (χ0v) is 13.1. The Labute approximate surface area is 119 Å². The van der Waals surface area contributed by atoms with Crippen molar-refractivity contribution in [1.29, 1.82) is 0 Å². The molecule has 4 nitrogen and oxygen atoms in total. The highest BCUT2D eigenvalue weighted by Crippen LogP contribution is 2.31. The Balaban J connectivity index is 2.36. The van der Waals surface area contributed by atoms with Crippen molar-refractivity contribution in [2.45, 2.75) is 43.4 Å². The summed E-state index contributed by atoms with van der Waals surface area (Å²) in [5, 5.41) is 9.23. The Morgan fingerprint density at radius 3 is 2.58 bits per heavy atom. The van der Waals surface area contributed by atoms with E-state index >= 15 is 0 Å². The molecule has 0 aromatic heterocycles. The lowest BCUT2D eigenvalue weighted by molar-refractivity contribution is 0.597. The molecular weight excluding hydrogens is 280 g/mol. The highest BCUT2D eigenvalue weighted by atomic mass is 32.2. The molecular formula is C13H20N2O2S2. The summed E-state index contributed by atoms with van der Waals surface area (Å²) in [5.74, 6) is 1.14. The summed E-state index contributed by atoms with van der Waals surface area (Å²) in [7, 11) is -3.66. The third-order valence-electron chi connectivity index (χ3n) is 3.69. The quantitative estimate of drug-likeness (QED) is 0.898. The van der Waals surface area contributed by atoms with Crippen LogP contribution in [-0.2, 0) is 10.0 Å². The van der Waals surface area contributed by atoms with Crippen LogP contribution in [0.3, 0.4) is 0 Å². The fourth-order valence-electron chi connectivity index (χ4n) is 2.26. The fourth-order valence-corrected chi connectivity index (χ4v) is 4.08. The second-order valence-corrected chi connectivity index (χ2v) is 8.12. The number of sulfonamides is 1. The monoisotopic (exact) mass is 300 g/mol. The number of hydrogen-bond acceptors (Lipinski definition) is 4. The maximum Gasteiger partial charge on any atom is 0.238 e. The van der Waals surface area contributed by atoms with Gasteiger partial charge in [0.1, 0.15) is 0 Å². The molecule has 106 valence electrons. The summed E-state index contributed by atoms with van der Waals surface area (Å²) in [4.78, 5) is 0.177. The third-order valence-corrected chi connectivity index (χ3v) is 5.91. The van der Waals surface area contributed by atoms with Crippen LogP contribution in [0.5, 0.6) is 0 Å². The highest BCUT2D eigenvalue weighted by Gasteiger charge is 2.24. The molecule has 1 aromatic rings. The molecule has 6 heteroatoms. The van der Waals surface area contributed by atoms with Crippen LogP contribution in [0, 0.1) is 13.8 Å². The molecule has 0 radical (unpaired) electrons. The first-order valence-corrected chi connectivity index (χ1v) is 8.90. The summed E-state index contributed by atoms with van der Waals surface area (Å²) >= 11 is 1.94. The van der Waals surface area contributed by atoms with Gasteiger partial charge in [0.05, 0.1) is 4.90 Å². The Kier molecular flexibility index (Phi) is 4.13. The summed E-state index contributed by atoms with van der Waals surface area (Å²) < 4.78 is 23.0. The van der Waals surface area contributed by atoms with E-state index in [-0.39, 0.29) is 4.90 Å². The molecule has 1 heterocycles. The molecule has 1 fully saturated rings. The van der Waals surface area contributed by atoms with Gasteiger partial charge in [-0.1, -0.05) is 6.92 Å². The van der Waals surface area contributed by atoms with Crippen molar-refractivity contribution in [2.24, 2.45) is 5.14 Å². The lowest BCUT2D eigenvalue weighted by Gasteiger charge is -2.21. The van der Waals surface area contributed by atoms with Gasteiger partial charge < -0.3 is 5.32 Å². The van der Waals surface area contributed by atoms with E-state index in [0.29, 0.717) is 11.3 Å². The number of nitrogens with one attached hydrogen (secondary N) is 1. The van der Waals surface area contributed by atoms with Crippen molar-refractivity contribution >= 4 is 27.5 Å². The zero-order valence-electron chi connectivity index (χ0n) is 11.4. The fraction of sp³-hybridized carbons (Fsp3) is 0.538. The van der Waals surface area contributed by atoms with Gasteiger partial charge in [-0.25, -0.2) is 13.6 Å². The molecule has 1 saturated heterocycles. The van der Waals surface area contributed by atoms with Crippen molar-refractivity contribution in [3.8, 4) is 0 Å². The first-order chi connectivity index (χ1) is 8.79. The number of aryl methyl sites for hydroxylation is 1. The van der Waals surface area contributed by atoms with Crippen molar-refractivity contribution < 1.29 is 8.42 Å². The molecule has 1 aliphatic heterocycles. The van der Waals surface area contributed by atoms with Gasteiger partial charge in [-0.05, 0) is 49.3 Å². The minimum atomic E-state index is -3.66. The minimum absolute atomic E-state index is 0.177. The second-order valence-electron chi connectivity index (χ2n) is 5.07. The van der Waals surface area contributed by atoms with E-state index < -0.39 is 10.0 Å². The van der Waals surface area contributed by atoms with E-state index in [1.807, 2.05) is 25.6 Å². The predicted molar refractivity (Wildman–Crippen MR) is 81.2 cm³/mol. The van der Waals surface area contributed by atoms with E-state index in [1.54, 1.807) is 12.1 Å². The van der Waals surface area contributed by atoms with Crippen molar-refractivity contribution in [3.63, 3.8) is 0 Å². The van der Waals surface area contributed by atoms with Gasteiger partial charge in [-0.2, -0.15) is 11.8 Å².